The standard InChI is InChI=1S/C19H23N3O4/c1-13-8-17(18(22(24)25)9-14(13)2)20-19(23)12-21(3)11-15-6-5-7-16(10-15)26-4/h5-10H,11-12H2,1-4H3,(H,20,23)/p+1. The lowest BCUT2D eigenvalue weighted by atomic mass is 10.1. The number of benzene rings is 2. The first kappa shape index (κ1) is 19.4. The molecule has 2 N–H and O–H groups in total. The summed E-state index contributed by atoms with van der Waals surface area (Å²) < 4.78 is 5.20. The molecule has 26 heavy (non-hydrogen) atoms. The van der Waals surface area contributed by atoms with Gasteiger partial charge in [0.05, 0.1) is 19.1 Å². The first-order valence-electron chi connectivity index (χ1n) is 8.30. The topological polar surface area (TPSA) is 85.9 Å². The number of anilines is 1. The quantitative estimate of drug-likeness (QED) is 0.584. The number of nitro groups is 1. The Kier molecular flexibility index (Phi) is 6.30. The maximum Gasteiger partial charge on any atom is 0.293 e. The molecule has 0 fully saturated rings. The number of hydrogen-bond donors (Lipinski definition) is 2. The second-order valence-corrected chi connectivity index (χ2v) is 6.42. The van der Waals surface area contributed by atoms with Crippen molar-refractivity contribution >= 4 is 17.3 Å². The summed E-state index contributed by atoms with van der Waals surface area (Å²) in [7, 11) is 3.51. The van der Waals surface area contributed by atoms with Crippen molar-refractivity contribution in [3.05, 3.63) is 63.2 Å². The summed E-state index contributed by atoms with van der Waals surface area (Å²) in [6, 6.07) is 10.8. The highest BCUT2D eigenvalue weighted by Crippen LogP contribution is 2.27. The number of nitro benzene ring substituents is 1. The molecule has 0 radical (unpaired) electrons. The number of ether oxygens (including phenoxy) is 1. The molecular formula is C19H24N3O4+. The SMILES string of the molecule is COc1cccc(C[NH+](C)CC(=O)Nc2cc(C)c(C)cc2[N+](=O)[O-])c1. The zero-order valence-electron chi connectivity index (χ0n) is 15.5. The van der Waals surface area contributed by atoms with Crippen LogP contribution < -0.4 is 15.0 Å². The number of nitrogens with one attached hydrogen (secondary N) is 2. The van der Waals surface area contributed by atoms with Gasteiger partial charge >= 0.3 is 0 Å². The molecule has 0 aliphatic carbocycles. The van der Waals surface area contributed by atoms with E-state index in [9.17, 15) is 14.9 Å². The lowest BCUT2D eigenvalue weighted by Gasteiger charge is -2.15. The third-order valence-electron chi connectivity index (χ3n) is 4.19. The Morgan fingerprint density at radius 3 is 2.58 bits per heavy atom. The summed E-state index contributed by atoms with van der Waals surface area (Å²) in [5.74, 6) is 0.502. The van der Waals surface area contributed by atoms with Gasteiger partial charge < -0.3 is 15.0 Å². The summed E-state index contributed by atoms with van der Waals surface area (Å²) in [5, 5.41) is 13.9. The van der Waals surface area contributed by atoms with E-state index in [4.69, 9.17) is 4.74 Å². The van der Waals surface area contributed by atoms with Crippen molar-refractivity contribution in [1.29, 1.82) is 0 Å². The van der Waals surface area contributed by atoms with Crippen molar-refractivity contribution in [1.82, 2.24) is 0 Å². The smallest absolute Gasteiger partial charge is 0.293 e. The van der Waals surface area contributed by atoms with Crippen molar-refractivity contribution < 1.29 is 19.4 Å². The van der Waals surface area contributed by atoms with Gasteiger partial charge in [-0.25, -0.2) is 0 Å². The molecule has 2 aromatic carbocycles. The van der Waals surface area contributed by atoms with Crippen LogP contribution in [0.15, 0.2) is 36.4 Å². The maximum atomic E-state index is 12.3. The van der Waals surface area contributed by atoms with E-state index in [1.54, 1.807) is 20.1 Å². The minimum absolute atomic E-state index is 0.0908. The van der Waals surface area contributed by atoms with E-state index in [2.05, 4.69) is 5.32 Å². The molecule has 0 aliphatic heterocycles. The van der Waals surface area contributed by atoms with Crippen LogP contribution in [0.1, 0.15) is 16.7 Å². The third kappa shape index (κ3) is 5.03. The maximum absolute atomic E-state index is 12.3. The van der Waals surface area contributed by atoms with Crippen LogP contribution in [0.2, 0.25) is 0 Å². The summed E-state index contributed by atoms with van der Waals surface area (Å²) in [6.07, 6.45) is 0. The zero-order valence-corrected chi connectivity index (χ0v) is 15.5. The van der Waals surface area contributed by atoms with Crippen LogP contribution in [0.4, 0.5) is 11.4 Å². The van der Waals surface area contributed by atoms with Gasteiger partial charge in [-0.1, -0.05) is 12.1 Å². The number of likely N-dealkylation sites (N-methyl/N-ethyl adjacent to an activating group) is 1. The van der Waals surface area contributed by atoms with E-state index in [0.29, 0.717) is 6.54 Å². The second-order valence-electron chi connectivity index (χ2n) is 6.42. The third-order valence-corrected chi connectivity index (χ3v) is 4.19. The Hall–Kier alpha value is -2.93. The summed E-state index contributed by atoms with van der Waals surface area (Å²) in [4.78, 5) is 24.0. The molecule has 1 atom stereocenters. The van der Waals surface area contributed by atoms with Gasteiger partial charge in [0.25, 0.3) is 11.6 Å². The van der Waals surface area contributed by atoms with Crippen LogP contribution in [0, 0.1) is 24.0 Å². The van der Waals surface area contributed by atoms with Gasteiger partial charge in [-0.05, 0) is 43.2 Å². The highest BCUT2D eigenvalue weighted by molar-refractivity contribution is 5.94. The first-order valence-corrected chi connectivity index (χ1v) is 8.30. The molecule has 0 saturated heterocycles. The monoisotopic (exact) mass is 358 g/mol. The Balaban J connectivity index is 2.04. The van der Waals surface area contributed by atoms with Gasteiger partial charge in [-0.3, -0.25) is 14.9 Å². The van der Waals surface area contributed by atoms with Crippen molar-refractivity contribution in [2.24, 2.45) is 0 Å². The van der Waals surface area contributed by atoms with Gasteiger partial charge in [0.2, 0.25) is 0 Å². The van der Waals surface area contributed by atoms with Crippen LogP contribution >= 0.6 is 0 Å². The van der Waals surface area contributed by atoms with E-state index in [-0.39, 0.29) is 23.8 Å². The van der Waals surface area contributed by atoms with Crippen LogP contribution in [0.5, 0.6) is 5.75 Å². The van der Waals surface area contributed by atoms with Gasteiger partial charge in [-0.2, -0.15) is 0 Å². The lowest BCUT2D eigenvalue weighted by Crippen LogP contribution is -3.08. The summed E-state index contributed by atoms with van der Waals surface area (Å²) >= 11 is 0. The normalized spacial score (nSPS) is 11.7. The van der Waals surface area contributed by atoms with Gasteiger partial charge in [0.15, 0.2) is 6.54 Å². The fourth-order valence-corrected chi connectivity index (χ4v) is 2.71. The van der Waals surface area contributed by atoms with Crippen LogP contribution in [0.25, 0.3) is 0 Å². The minimum atomic E-state index is -0.477. The van der Waals surface area contributed by atoms with Gasteiger partial charge in [-0.15, -0.1) is 0 Å². The van der Waals surface area contributed by atoms with Gasteiger partial charge in [0, 0.05) is 11.6 Å². The minimum Gasteiger partial charge on any atom is -0.497 e. The second kappa shape index (κ2) is 8.44. The van der Waals surface area contributed by atoms with E-state index in [0.717, 1.165) is 27.3 Å². The number of carbonyl (C=O) groups excluding carboxylic acids is 1. The molecule has 1 unspecified atom stereocenters. The predicted molar refractivity (Wildman–Crippen MR) is 99.7 cm³/mol. The molecule has 7 heteroatoms. The van der Waals surface area contributed by atoms with Crippen molar-refractivity contribution in [3.63, 3.8) is 0 Å². The molecular weight excluding hydrogens is 334 g/mol. The number of rotatable bonds is 7. The number of carbonyl (C=O) groups is 1. The average Bonchev–Trinajstić information content (AvgIpc) is 2.57. The molecule has 0 aromatic heterocycles. The summed E-state index contributed by atoms with van der Waals surface area (Å²) in [6.45, 7) is 4.50. The molecule has 1 amide bonds. The first-order chi connectivity index (χ1) is 12.3. The Bertz CT molecular complexity index is 820. The molecule has 0 heterocycles. The van der Waals surface area contributed by atoms with Gasteiger partial charge in [0.1, 0.15) is 18.0 Å². The van der Waals surface area contributed by atoms with Crippen molar-refractivity contribution in [2.45, 2.75) is 20.4 Å². The molecule has 2 rings (SSSR count). The lowest BCUT2D eigenvalue weighted by molar-refractivity contribution is -0.885. The summed E-state index contributed by atoms with van der Waals surface area (Å²) in [5.41, 5.74) is 2.90. The number of quaternary nitrogens is 1. The number of amides is 1. The highest BCUT2D eigenvalue weighted by atomic mass is 16.6. The molecule has 0 bridgehead atoms. The van der Waals surface area contributed by atoms with Crippen molar-refractivity contribution in [3.8, 4) is 5.75 Å². The van der Waals surface area contributed by atoms with Crippen molar-refractivity contribution in [2.75, 3.05) is 26.0 Å². The predicted octanol–water partition coefficient (Wildman–Crippen LogP) is 1.87. The van der Waals surface area contributed by atoms with Crippen LogP contribution in [0.3, 0.4) is 0 Å². The van der Waals surface area contributed by atoms with E-state index in [1.807, 2.05) is 38.2 Å². The number of methoxy groups -OCH3 is 1. The molecule has 0 saturated carbocycles. The Morgan fingerprint density at radius 1 is 1.23 bits per heavy atom. The molecule has 0 aliphatic rings. The zero-order chi connectivity index (χ0) is 19.3. The average molecular weight is 358 g/mol. The van der Waals surface area contributed by atoms with E-state index in [1.165, 1.54) is 6.07 Å². The molecule has 7 nitrogen and oxygen atoms in total. The van der Waals surface area contributed by atoms with E-state index >= 15 is 0 Å². The fourth-order valence-electron chi connectivity index (χ4n) is 2.71. The number of nitrogens with zero attached hydrogens (tertiary/aromatic N) is 1. The van der Waals surface area contributed by atoms with E-state index < -0.39 is 4.92 Å². The van der Waals surface area contributed by atoms with Crippen LogP contribution in [-0.2, 0) is 11.3 Å². The highest BCUT2D eigenvalue weighted by Gasteiger charge is 2.19. The molecule has 0 spiro atoms. The Morgan fingerprint density at radius 2 is 1.92 bits per heavy atom. The Labute approximate surface area is 152 Å². The fraction of sp³-hybridized carbons (Fsp3) is 0.316. The molecule has 2 aromatic rings. The largest absolute Gasteiger partial charge is 0.497 e. The van der Waals surface area contributed by atoms with Crippen LogP contribution in [-0.4, -0.2) is 31.5 Å². The number of hydrogen-bond acceptors (Lipinski definition) is 4. The molecule has 138 valence electrons. The number of aryl methyl sites for hydroxylation is 2.